The second-order valence-electron chi connectivity index (χ2n) is 8.14. The van der Waals surface area contributed by atoms with Gasteiger partial charge in [0.05, 0.1) is 12.2 Å². The van der Waals surface area contributed by atoms with Gasteiger partial charge in [-0.1, -0.05) is 32.0 Å². The Morgan fingerprint density at radius 1 is 1.26 bits per heavy atom. The minimum atomic E-state index is -0.474. The Labute approximate surface area is 189 Å². The fourth-order valence-electron chi connectivity index (χ4n) is 3.69. The largest absolute Gasteiger partial charge is 0.385 e. The molecule has 0 atom stereocenters. The number of likely N-dealkylation sites (tertiary alicyclic amines) is 1. The maximum atomic E-state index is 13.2. The van der Waals surface area contributed by atoms with Crippen LogP contribution in [0.5, 0.6) is 0 Å². The summed E-state index contributed by atoms with van der Waals surface area (Å²) in [4.78, 5) is 6.24. The van der Waals surface area contributed by atoms with Gasteiger partial charge in [-0.05, 0) is 79.2 Å². The highest BCUT2D eigenvalue weighted by Crippen LogP contribution is 2.30. The third-order valence-corrected chi connectivity index (χ3v) is 6.12. The van der Waals surface area contributed by atoms with Crippen molar-refractivity contribution in [1.29, 1.82) is 5.41 Å². The Balaban J connectivity index is 1.47. The minimum Gasteiger partial charge on any atom is -0.385 e. The van der Waals surface area contributed by atoms with Gasteiger partial charge >= 0.3 is 0 Å². The monoisotopic (exact) mass is 441 g/mol. The van der Waals surface area contributed by atoms with Gasteiger partial charge in [0.2, 0.25) is 5.95 Å². The minimum absolute atomic E-state index is 0.441. The molecule has 5 nitrogen and oxygen atoms in total. The highest BCUT2D eigenvalue weighted by Gasteiger charge is 2.21. The van der Waals surface area contributed by atoms with Crippen molar-refractivity contribution in [1.82, 2.24) is 15.2 Å². The number of aromatic nitrogens is 1. The van der Waals surface area contributed by atoms with Crippen molar-refractivity contribution in [2.75, 3.05) is 24.4 Å². The zero-order valence-corrected chi connectivity index (χ0v) is 19.1. The van der Waals surface area contributed by atoms with Gasteiger partial charge in [-0.2, -0.15) is 4.39 Å². The van der Waals surface area contributed by atoms with Crippen LogP contribution in [0, 0.1) is 11.4 Å². The van der Waals surface area contributed by atoms with Gasteiger partial charge in [0.1, 0.15) is 0 Å². The molecule has 1 aliphatic rings. The van der Waals surface area contributed by atoms with Gasteiger partial charge in [0.15, 0.2) is 0 Å². The van der Waals surface area contributed by atoms with E-state index in [9.17, 15) is 4.39 Å². The second kappa shape index (κ2) is 11.9. The number of anilines is 1. The van der Waals surface area contributed by atoms with Crippen molar-refractivity contribution in [2.45, 2.75) is 44.4 Å². The summed E-state index contributed by atoms with van der Waals surface area (Å²) >= 11 is 1.74. The molecule has 1 saturated heterocycles. The van der Waals surface area contributed by atoms with E-state index in [1.54, 1.807) is 24.1 Å². The second-order valence-corrected chi connectivity index (χ2v) is 9.52. The van der Waals surface area contributed by atoms with E-state index >= 15 is 0 Å². The summed E-state index contributed by atoms with van der Waals surface area (Å²) in [6, 6.07) is 13.6. The summed E-state index contributed by atoms with van der Waals surface area (Å²) < 4.78 is 16.6. The van der Waals surface area contributed by atoms with Crippen LogP contribution >= 0.6 is 11.9 Å². The van der Waals surface area contributed by atoms with Crippen LogP contribution in [0.1, 0.15) is 43.9 Å². The number of hydrogen-bond donors (Lipinski definition) is 3. The molecule has 1 aromatic heterocycles. The Bertz CT molecular complexity index is 878. The standard InChI is InChI=1S/C24H32FN5S/c1-18(2)31-29-22-6-3-5-21(13-22)20-9-11-30(12-10-20)17-19(14-26)15-27-16-23-7-4-8-24(25)28-23/h3-8,13-15,18,20,26-27,29H,9-12,16-17H2,1-2H3/b19-15+,26-14?. The molecule has 1 aliphatic heterocycles. The number of pyridine rings is 1. The van der Waals surface area contributed by atoms with Crippen molar-refractivity contribution in [3.63, 3.8) is 0 Å². The van der Waals surface area contributed by atoms with Crippen LogP contribution in [0.4, 0.5) is 10.1 Å². The van der Waals surface area contributed by atoms with E-state index in [4.69, 9.17) is 5.41 Å². The first-order valence-electron chi connectivity index (χ1n) is 10.8. The summed E-state index contributed by atoms with van der Waals surface area (Å²) in [5, 5.41) is 11.4. The number of nitrogens with zero attached hydrogens (tertiary/aromatic N) is 2. The highest BCUT2D eigenvalue weighted by molar-refractivity contribution is 8.01. The fourth-order valence-corrected chi connectivity index (χ4v) is 4.19. The number of piperidine rings is 1. The molecule has 0 aliphatic carbocycles. The molecule has 3 N–H and O–H groups in total. The van der Waals surface area contributed by atoms with Crippen LogP contribution < -0.4 is 10.0 Å². The van der Waals surface area contributed by atoms with Gasteiger partial charge in [-0.3, -0.25) is 4.90 Å². The smallest absolute Gasteiger partial charge is 0.213 e. The van der Waals surface area contributed by atoms with Crippen LogP contribution in [0.15, 0.2) is 54.2 Å². The Morgan fingerprint density at radius 2 is 2.03 bits per heavy atom. The highest BCUT2D eigenvalue weighted by atomic mass is 32.2. The molecular weight excluding hydrogens is 409 g/mol. The Hall–Kier alpha value is -2.38. The molecule has 0 unspecified atom stereocenters. The SMILES string of the molecule is CC(C)SNc1cccc(C2CCN(C/C(C=N)=C/NCc3cccc(F)n3)CC2)c1. The maximum absolute atomic E-state index is 13.2. The molecule has 31 heavy (non-hydrogen) atoms. The van der Waals surface area contributed by atoms with E-state index < -0.39 is 5.95 Å². The lowest BCUT2D eigenvalue weighted by molar-refractivity contribution is 0.230. The molecule has 1 fully saturated rings. The number of rotatable bonds is 10. The van der Waals surface area contributed by atoms with Crippen molar-refractivity contribution >= 4 is 23.8 Å². The molecule has 0 saturated carbocycles. The predicted octanol–water partition coefficient (Wildman–Crippen LogP) is 5.19. The topological polar surface area (TPSA) is 64.0 Å². The molecule has 2 heterocycles. The fraction of sp³-hybridized carbons (Fsp3) is 0.417. The first kappa shape index (κ1) is 23.3. The van der Waals surface area contributed by atoms with Crippen molar-refractivity contribution < 1.29 is 4.39 Å². The lowest BCUT2D eigenvalue weighted by Gasteiger charge is -2.32. The summed E-state index contributed by atoms with van der Waals surface area (Å²) in [6.07, 6.45) is 5.46. The number of hydrogen-bond acceptors (Lipinski definition) is 6. The summed E-state index contributed by atoms with van der Waals surface area (Å²) in [7, 11) is 0. The first-order chi connectivity index (χ1) is 15.0. The van der Waals surface area contributed by atoms with Crippen LogP contribution in [0.3, 0.4) is 0 Å². The summed E-state index contributed by atoms with van der Waals surface area (Å²) in [5.41, 5.74) is 4.13. The van der Waals surface area contributed by atoms with E-state index in [1.165, 1.54) is 23.5 Å². The Morgan fingerprint density at radius 3 is 2.74 bits per heavy atom. The normalized spacial score (nSPS) is 15.8. The molecule has 166 valence electrons. The van der Waals surface area contributed by atoms with Crippen molar-refractivity contribution in [3.05, 3.63) is 71.4 Å². The number of nitrogens with one attached hydrogen (secondary N) is 3. The molecule has 0 amide bonds. The maximum Gasteiger partial charge on any atom is 0.213 e. The summed E-state index contributed by atoms with van der Waals surface area (Å²) in [6.45, 7) is 7.58. The van der Waals surface area contributed by atoms with Crippen LogP contribution in [-0.2, 0) is 6.54 Å². The molecule has 3 rings (SSSR count). The lowest BCUT2D eigenvalue weighted by atomic mass is 9.89. The summed E-state index contributed by atoms with van der Waals surface area (Å²) in [5.74, 6) is 0.102. The number of benzene rings is 1. The third-order valence-electron chi connectivity index (χ3n) is 5.29. The van der Waals surface area contributed by atoms with Gasteiger partial charge < -0.3 is 15.4 Å². The average Bonchev–Trinajstić information content (AvgIpc) is 2.78. The molecule has 0 spiro atoms. The first-order valence-corrected chi connectivity index (χ1v) is 11.7. The molecule has 2 aromatic rings. The van der Waals surface area contributed by atoms with Crippen molar-refractivity contribution in [3.8, 4) is 0 Å². The Kier molecular flexibility index (Phi) is 8.91. The third kappa shape index (κ3) is 7.67. The molecule has 0 bridgehead atoms. The molecule has 1 aromatic carbocycles. The van der Waals surface area contributed by atoms with Gasteiger partial charge in [-0.25, -0.2) is 4.98 Å². The van der Waals surface area contributed by atoms with E-state index in [-0.39, 0.29) is 0 Å². The van der Waals surface area contributed by atoms with Crippen LogP contribution in [0.2, 0.25) is 0 Å². The molecule has 7 heteroatoms. The van der Waals surface area contributed by atoms with Gasteiger partial charge in [0, 0.05) is 29.9 Å². The van der Waals surface area contributed by atoms with Crippen LogP contribution in [-0.4, -0.2) is 41.0 Å². The van der Waals surface area contributed by atoms with Gasteiger partial charge in [-0.15, -0.1) is 0 Å². The molecule has 0 radical (unpaired) electrons. The predicted molar refractivity (Wildman–Crippen MR) is 129 cm³/mol. The van der Waals surface area contributed by atoms with E-state index in [0.29, 0.717) is 23.4 Å². The van der Waals surface area contributed by atoms with E-state index in [2.05, 4.69) is 58.0 Å². The lowest BCUT2D eigenvalue weighted by Crippen LogP contribution is -2.34. The molecular formula is C24H32FN5S. The average molecular weight is 442 g/mol. The van der Waals surface area contributed by atoms with E-state index in [0.717, 1.165) is 38.0 Å². The number of halogens is 1. The van der Waals surface area contributed by atoms with Gasteiger partial charge in [0.25, 0.3) is 0 Å². The zero-order chi connectivity index (χ0) is 22.1. The van der Waals surface area contributed by atoms with Crippen LogP contribution in [0.25, 0.3) is 0 Å². The quantitative estimate of drug-likeness (QED) is 0.269. The zero-order valence-electron chi connectivity index (χ0n) is 18.3. The van der Waals surface area contributed by atoms with Crippen molar-refractivity contribution in [2.24, 2.45) is 0 Å². The van der Waals surface area contributed by atoms with E-state index in [1.807, 2.05) is 6.20 Å².